The Morgan fingerprint density at radius 2 is 1.86 bits per heavy atom. The Balaban J connectivity index is 2.13. The lowest BCUT2D eigenvalue weighted by Gasteiger charge is -2.55. The molecular formula is C23H32N2O4. The number of fused-ring (bicyclic) bond motifs is 1. The van der Waals surface area contributed by atoms with E-state index in [4.69, 9.17) is 4.74 Å². The Kier molecular flexibility index (Phi) is 6.30. The summed E-state index contributed by atoms with van der Waals surface area (Å²) in [5.74, 6) is -1.17. The third-order valence-electron chi connectivity index (χ3n) is 6.66. The van der Waals surface area contributed by atoms with E-state index in [1.54, 1.807) is 6.92 Å². The fourth-order valence-electron chi connectivity index (χ4n) is 5.14. The van der Waals surface area contributed by atoms with Crippen molar-refractivity contribution in [1.29, 1.82) is 0 Å². The van der Waals surface area contributed by atoms with Crippen molar-refractivity contribution in [1.82, 2.24) is 10.2 Å². The van der Waals surface area contributed by atoms with Gasteiger partial charge in [-0.15, -0.1) is 0 Å². The molecule has 6 heteroatoms. The van der Waals surface area contributed by atoms with Crippen LogP contribution < -0.4 is 5.32 Å². The average molecular weight is 401 g/mol. The minimum Gasteiger partial charge on any atom is -0.467 e. The summed E-state index contributed by atoms with van der Waals surface area (Å²) in [5, 5.41) is 2.85. The number of ether oxygens (including phenoxy) is 1. The molecule has 29 heavy (non-hydrogen) atoms. The predicted octanol–water partition coefficient (Wildman–Crippen LogP) is 3.41. The molecule has 3 atom stereocenters. The molecule has 0 aromatic heterocycles. The van der Waals surface area contributed by atoms with E-state index in [2.05, 4.69) is 19.2 Å². The van der Waals surface area contributed by atoms with Crippen LogP contribution in [0.15, 0.2) is 24.3 Å². The molecule has 158 valence electrons. The summed E-state index contributed by atoms with van der Waals surface area (Å²) in [6.45, 7) is 5.77. The molecule has 1 aromatic rings. The van der Waals surface area contributed by atoms with Gasteiger partial charge in [-0.2, -0.15) is 0 Å². The number of hydrogen-bond acceptors (Lipinski definition) is 4. The van der Waals surface area contributed by atoms with Crippen LogP contribution in [0.4, 0.5) is 0 Å². The lowest BCUT2D eigenvalue weighted by Crippen LogP contribution is -2.65. The van der Waals surface area contributed by atoms with E-state index < -0.39 is 23.5 Å². The maximum absolute atomic E-state index is 13.6. The molecule has 2 amide bonds. The van der Waals surface area contributed by atoms with E-state index in [1.165, 1.54) is 7.11 Å². The lowest BCUT2D eigenvalue weighted by molar-refractivity contribution is -0.145. The highest BCUT2D eigenvalue weighted by molar-refractivity contribution is 6.02. The normalized spacial score (nSPS) is 22.6. The van der Waals surface area contributed by atoms with Gasteiger partial charge < -0.3 is 15.0 Å². The first-order valence-electron chi connectivity index (χ1n) is 10.7. The zero-order valence-electron chi connectivity index (χ0n) is 17.9. The molecule has 1 spiro atoms. The van der Waals surface area contributed by atoms with Crippen molar-refractivity contribution < 1.29 is 19.1 Å². The number of esters is 1. The standard InChI is InChI=1S/C23H32N2O4/c1-5-15(2)25-21(27)18-12-8-7-11-17(18)19(23(25)13-9-6-10-14-23)20(26)24-16(3)22(28)29-4/h7-8,11-12,15-16,19H,5-6,9-10,13-14H2,1-4H3,(H,24,26)/t15-,16-,19-/m0/s1. The molecule has 0 bridgehead atoms. The number of benzene rings is 1. The van der Waals surface area contributed by atoms with E-state index in [0.29, 0.717) is 5.56 Å². The lowest BCUT2D eigenvalue weighted by atomic mass is 9.64. The van der Waals surface area contributed by atoms with Gasteiger partial charge in [0, 0.05) is 11.6 Å². The maximum Gasteiger partial charge on any atom is 0.328 e. The summed E-state index contributed by atoms with van der Waals surface area (Å²) in [5.41, 5.74) is 0.808. The van der Waals surface area contributed by atoms with Crippen LogP contribution in [0.1, 0.15) is 81.1 Å². The van der Waals surface area contributed by atoms with Crippen molar-refractivity contribution >= 4 is 17.8 Å². The van der Waals surface area contributed by atoms with Crippen LogP contribution in [0.5, 0.6) is 0 Å². The van der Waals surface area contributed by atoms with Gasteiger partial charge in [-0.25, -0.2) is 4.79 Å². The van der Waals surface area contributed by atoms with Gasteiger partial charge in [-0.1, -0.05) is 44.4 Å². The quantitative estimate of drug-likeness (QED) is 0.769. The molecule has 0 radical (unpaired) electrons. The van der Waals surface area contributed by atoms with Crippen molar-refractivity contribution in [2.24, 2.45) is 0 Å². The highest BCUT2D eigenvalue weighted by Crippen LogP contribution is 2.50. The van der Waals surface area contributed by atoms with Crippen molar-refractivity contribution in [3.63, 3.8) is 0 Å². The number of nitrogens with one attached hydrogen (secondary N) is 1. The van der Waals surface area contributed by atoms with Gasteiger partial charge in [0.25, 0.3) is 5.91 Å². The Bertz CT molecular complexity index is 785. The second kappa shape index (κ2) is 8.56. The van der Waals surface area contributed by atoms with E-state index in [0.717, 1.165) is 44.1 Å². The van der Waals surface area contributed by atoms with Gasteiger partial charge in [0.2, 0.25) is 5.91 Å². The molecule has 1 saturated carbocycles. The van der Waals surface area contributed by atoms with Crippen molar-refractivity contribution in [3.05, 3.63) is 35.4 Å². The van der Waals surface area contributed by atoms with Gasteiger partial charge >= 0.3 is 5.97 Å². The van der Waals surface area contributed by atoms with Crippen molar-refractivity contribution in [2.45, 2.75) is 82.8 Å². The highest BCUT2D eigenvalue weighted by Gasteiger charge is 2.55. The number of carbonyl (C=O) groups excluding carboxylic acids is 3. The van der Waals surface area contributed by atoms with Crippen molar-refractivity contribution in [2.75, 3.05) is 7.11 Å². The highest BCUT2D eigenvalue weighted by atomic mass is 16.5. The van der Waals surface area contributed by atoms with E-state index in [-0.39, 0.29) is 17.9 Å². The number of amides is 2. The van der Waals surface area contributed by atoms with Gasteiger partial charge in [0.05, 0.1) is 18.6 Å². The van der Waals surface area contributed by atoms with Gasteiger partial charge in [-0.05, 0) is 44.7 Å². The smallest absolute Gasteiger partial charge is 0.328 e. The van der Waals surface area contributed by atoms with Gasteiger partial charge in [0.1, 0.15) is 6.04 Å². The third-order valence-corrected chi connectivity index (χ3v) is 6.66. The number of nitrogens with zero attached hydrogens (tertiary/aromatic N) is 1. The van der Waals surface area contributed by atoms with Gasteiger partial charge in [-0.3, -0.25) is 9.59 Å². The van der Waals surface area contributed by atoms with Crippen molar-refractivity contribution in [3.8, 4) is 0 Å². The first-order valence-corrected chi connectivity index (χ1v) is 10.7. The second-order valence-corrected chi connectivity index (χ2v) is 8.37. The fourth-order valence-corrected chi connectivity index (χ4v) is 5.14. The Morgan fingerprint density at radius 3 is 2.48 bits per heavy atom. The molecule has 0 unspecified atom stereocenters. The van der Waals surface area contributed by atoms with Crippen LogP contribution in [0.25, 0.3) is 0 Å². The summed E-state index contributed by atoms with van der Waals surface area (Å²) >= 11 is 0. The number of methoxy groups -OCH3 is 1. The van der Waals surface area contributed by atoms with E-state index in [1.807, 2.05) is 29.2 Å². The molecule has 0 saturated heterocycles. The molecule has 1 aliphatic heterocycles. The van der Waals surface area contributed by atoms with Crippen LogP contribution in [0.2, 0.25) is 0 Å². The first-order chi connectivity index (χ1) is 13.9. The Hall–Kier alpha value is -2.37. The molecular weight excluding hydrogens is 368 g/mol. The Labute approximate surface area is 173 Å². The van der Waals surface area contributed by atoms with Crippen LogP contribution in [-0.4, -0.2) is 47.4 Å². The number of rotatable bonds is 5. The summed E-state index contributed by atoms with van der Waals surface area (Å²) in [7, 11) is 1.31. The van der Waals surface area contributed by atoms with Crippen LogP contribution >= 0.6 is 0 Å². The summed E-state index contributed by atoms with van der Waals surface area (Å²) in [4.78, 5) is 41.0. The third kappa shape index (κ3) is 3.65. The van der Waals surface area contributed by atoms with Gasteiger partial charge in [0.15, 0.2) is 0 Å². The maximum atomic E-state index is 13.6. The number of carbonyl (C=O) groups is 3. The summed E-state index contributed by atoms with van der Waals surface area (Å²) in [6.07, 6.45) is 5.49. The largest absolute Gasteiger partial charge is 0.467 e. The monoisotopic (exact) mass is 400 g/mol. The van der Waals surface area contributed by atoms with Crippen LogP contribution in [-0.2, 0) is 14.3 Å². The second-order valence-electron chi connectivity index (χ2n) is 8.37. The average Bonchev–Trinajstić information content (AvgIpc) is 2.73. The van der Waals surface area contributed by atoms with E-state index >= 15 is 0 Å². The molecule has 3 rings (SSSR count). The van der Waals surface area contributed by atoms with E-state index in [9.17, 15) is 14.4 Å². The summed E-state index contributed by atoms with van der Waals surface area (Å²) in [6, 6.07) is 6.72. The molecule has 1 aliphatic carbocycles. The minimum absolute atomic E-state index is 0.0157. The topological polar surface area (TPSA) is 75.7 Å². The molecule has 1 heterocycles. The molecule has 1 fully saturated rings. The number of hydrogen-bond donors (Lipinski definition) is 1. The molecule has 1 N–H and O–H groups in total. The Morgan fingerprint density at radius 1 is 1.21 bits per heavy atom. The minimum atomic E-state index is -0.741. The first kappa shape index (κ1) is 21.3. The fraction of sp³-hybridized carbons (Fsp3) is 0.609. The van der Waals surface area contributed by atoms with Crippen LogP contribution in [0.3, 0.4) is 0 Å². The van der Waals surface area contributed by atoms with Crippen LogP contribution in [0, 0.1) is 0 Å². The predicted molar refractivity (Wildman–Crippen MR) is 111 cm³/mol. The molecule has 2 aliphatic rings. The SMILES string of the molecule is CC[C@H](C)N1C(=O)c2ccccc2[C@@H](C(=O)N[C@@H](C)C(=O)OC)C12CCCCC2. The molecule has 6 nitrogen and oxygen atoms in total. The zero-order chi connectivity index (χ0) is 21.2. The molecule has 1 aromatic carbocycles. The summed E-state index contributed by atoms with van der Waals surface area (Å²) < 4.78 is 4.78. The zero-order valence-corrected chi connectivity index (χ0v) is 17.9.